The van der Waals surface area contributed by atoms with Gasteiger partial charge in [-0.1, -0.05) is 0 Å². The van der Waals surface area contributed by atoms with Gasteiger partial charge < -0.3 is 4.90 Å². The number of sulfonamides is 1. The number of nitrogens with zero attached hydrogens (tertiary/aromatic N) is 2. The monoisotopic (exact) mass is 394 g/mol. The van der Waals surface area contributed by atoms with Gasteiger partial charge >= 0.3 is 0 Å². The molecule has 1 aromatic heterocycles. The molecule has 2 aromatic rings. The van der Waals surface area contributed by atoms with Gasteiger partial charge in [0.15, 0.2) is 0 Å². The minimum Gasteiger partial charge on any atom is -0.335 e. The molecule has 0 bridgehead atoms. The van der Waals surface area contributed by atoms with Crippen LogP contribution in [-0.2, 0) is 22.9 Å². The zero-order valence-electron chi connectivity index (χ0n) is 14.2. The third kappa shape index (κ3) is 3.17. The number of carbonyl (C=O) groups is 1. The highest BCUT2D eigenvalue weighted by Crippen LogP contribution is 2.31. The number of piperazine rings is 1. The Hall–Kier alpha value is -1.77. The van der Waals surface area contributed by atoms with Crippen molar-refractivity contribution in [3.05, 3.63) is 51.5 Å². The van der Waals surface area contributed by atoms with Gasteiger partial charge in [-0.2, -0.15) is 4.31 Å². The first-order chi connectivity index (χ1) is 12.4. The lowest BCUT2D eigenvalue weighted by atomic mass is 10.2. The molecule has 1 saturated heterocycles. The second-order valence-electron chi connectivity index (χ2n) is 6.56. The third-order valence-electron chi connectivity index (χ3n) is 4.93. The van der Waals surface area contributed by atoms with Gasteiger partial charge in [0.2, 0.25) is 10.0 Å². The first kappa shape index (κ1) is 17.6. The Labute approximate surface area is 156 Å². The van der Waals surface area contributed by atoms with Gasteiger partial charge in [0.25, 0.3) is 5.91 Å². The summed E-state index contributed by atoms with van der Waals surface area (Å²) in [6.07, 6.45) is 3.26. The number of fused-ring (bicyclic) bond motifs is 1. The van der Waals surface area contributed by atoms with E-state index >= 15 is 0 Å². The summed E-state index contributed by atoms with van der Waals surface area (Å²) < 4.78 is 39.7. The van der Waals surface area contributed by atoms with Crippen LogP contribution in [0.1, 0.15) is 26.5 Å². The predicted octanol–water partition coefficient (Wildman–Crippen LogP) is 2.52. The van der Waals surface area contributed by atoms with E-state index in [1.807, 2.05) is 6.07 Å². The molecule has 2 aliphatic rings. The van der Waals surface area contributed by atoms with Crippen LogP contribution in [0, 0.1) is 5.82 Å². The van der Waals surface area contributed by atoms with Crippen LogP contribution in [0.4, 0.5) is 4.39 Å². The highest BCUT2D eigenvalue weighted by molar-refractivity contribution is 7.89. The lowest BCUT2D eigenvalue weighted by molar-refractivity contribution is 0.0702. The molecule has 5 nitrogen and oxygen atoms in total. The van der Waals surface area contributed by atoms with E-state index < -0.39 is 15.8 Å². The van der Waals surface area contributed by atoms with Crippen LogP contribution in [0.3, 0.4) is 0 Å². The van der Waals surface area contributed by atoms with Crippen LogP contribution >= 0.6 is 11.3 Å². The van der Waals surface area contributed by atoms with Crippen molar-refractivity contribution in [3.8, 4) is 0 Å². The van der Waals surface area contributed by atoms with E-state index in [2.05, 4.69) is 0 Å². The molecule has 1 fully saturated rings. The third-order valence-corrected chi connectivity index (χ3v) is 8.07. The fourth-order valence-electron chi connectivity index (χ4n) is 3.48. The minimum atomic E-state index is -3.66. The smallest absolute Gasteiger partial charge is 0.264 e. The van der Waals surface area contributed by atoms with E-state index in [-0.39, 0.29) is 23.9 Å². The summed E-state index contributed by atoms with van der Waals surface area (Å²) >= 11 is 1.57. The Balaban J connectivity index is 1.43. The molecule has 4 rings (SSSR count). The molecule has 1 aliphatic carbocycles. The van der Waals surface area contributed by atoms with Crippen molar-refractivity contribution < 1.29 is 17.6 Å². The molecule has 0 saturated carbocycles. The van der Waals surface area contributed by atoms with Gasteiger partial charge in [0, 0.05) is 31.1 Å². The normalized spacial score (nSPS) is 18.1. The van der Waals surface area contributed by atoms with E-state index in [0.717, 1.165) is 36.3 Å². The van der Waals surface area contributed by atoms with Gasteiger partial charge in [0.05, 0.1) is 9.77 Å². The highest BCUT2D eigenvalue weighted by atomic mass is 32.2. The Morgan fingerprint density at radius 2 is 1.73 bits per heavy atom. The van der Waals surface area contributed by atoms with Crippen molar-refractivity contribution in [3.63, 3.8) is 0 Å². The molecule has 1 aromatic carbocycles. The van der Waals surface area contributed by atoms with Crippen molar-refractivity contribution in [2.24, 2.45) is 0 Å². The molecular weight excluding hydrogens is 375 g/mol. The number of hydrogen-bond donors (Lipinski definition) is 0. The summed E-state index contributed by atoms with van der Waals surface area (Å²) in [7, 11) is -3.66. The Bertz CT molecular complexity index is 908. The van der Waals surface area contributed by atoms with Crippen molar-refractivity contribution in [2.45, 2.75) is 24.2 Å². The quantitative estimate of drug-likeness (QED) is 0.804. The summed E-state index contributed by atoms with van der Waals surface area (Å²) in [6, 6.07) is 6.83. The number of benzene rings is 1. The van der Waals surface area contributed by atoms with E-state index in [1.54, 1.807) is 16.2 Å². The number of halogens is 1. The molecule has 1 amide bonds. The first-order valence-corrected chi connectivity index (χ1v) is 10.9. The maximum Gasteiger partial charge on any atom is 0.264 e. The Morgan fingerprint density at radius 1 is 1.04 bits per heavy atom. The average Bonchev–Trinajstić information content (AvgIpc) is 3.23. The Morgan fingerprint density at radius 3 is 2.38 bits per heavy atom. The van der Waals surface area contributed by atoms with Crippen molar-refractivity contribution >= 4 is 27.3 Å². The van der Waals surface area contributed by atoms with Gasteiger partial charge in [-0.05, 0) is 55.2 Å². The largest absolute Gasteiger partial charge is 0.335 e. The summed E-state index contributed by atoms with van der Waals surface area (Å²) in [5.41, 5.74) is 1.29. The second-order valence-corrected chi connectivity index (χ2v) is 9.64. The lowest BCUT2D eigenvalue weighted by Gasteiger charge is -2.33. The van der Waals surface area contributed by atoms with Gasteiger partial charge in [-0.3, -0.25) is 4.79 Å². The molecule has 0 atom stereocenters. The maximum atomic E-state index is 13.0. The molecule has 1 aliphatic heterocycles. The van der Waals surface area contributed by atoms with Crippen LogP contribution in [0.2, 0.25) is 0 Å². The van der Waals surface area contributed by atoms with Gasteiger partial charge in [0.1, 0.15) is 5.82 Å². The maximum absolute atomic E-state index is 13.0. The molecule has 138 valence electrons. The van der Waals surface area contributed by atoms with Crippen LogP contribution in [0.25, 0.3) is 0 Å². The molecule has 2 heterocycles. The second kappa shape index (κ2) is 6.75. The number of thiophene rings is 1. The predicted molar refractivity (Wildman–Crippen MR) is 97.4 cm³/mol. The molecule has 0 radical (unpaired) electrons. The molecular formula is C18H19FN2O3S2. The van der Waals surface area contributed by atoms with E-state index in [4.69, 9.17) is 0 Å². The van der Waals surface area contributed by atoms with Gasteiger partial charge in [-0.15, -0.1) is 11.3 Å². The number of hydrogen-bond acceptors (Lipinski definition) is 4. The minimum absolute atomic E-state index is 0.0109. The average molecular weight is 394 g/mol. The standard InChI is InChI=1S/C18H19FN2O3S2/c19-14-4-6-15(7-5-14)26(23,24)21-10-8-20(9-11-21)18(22)17-12-13-2-1-3-16(13)25-17/h4-7,12H,1-3,8-11H2. The summed E-state index contributed by atoms with van der Waals surface area (Å²) in [5, 5.41) is 0. The Kier molecular flexibility index (Phi) is 4.58. The van der Waals surface area contributed by atoms with Crippen molar-refractivity contribution in [1.82, 2.24) is 9.21 Å². The van der Waals surface area contributed by atoms with Crippen LogP contribution in [0.15, 0.2) is 35.2 Å². The summed E-state index contributed by atoms with van der Waals surface area (Å²) in [6.45, 7) is 1.22. The summed E-state index contributed by atoms with van der Waals surface area (Å²) in [4.78, 5) is 16.6. The molecule has 26 heavy (non-hydrogen) atoms. The van der Waals surface area contributed by atoms with E-state index in [9.17, 15) is 17.6 Å². The number of carbonyl (C=O) groups excluding carboxylic acids is 1. The van der Waals surface area contributed by atoms with E-state index in [0.29, 0.717) is 13.1 Å². The zero-order chi connectivity index (χ0) is 18.3. The molecule has 0 unspecified atom stereocenters. The van der Waals surface area contributed by atoms with Crippen LogP contribution < -0.4 is 0 Å². The number of rotatable bonds is 3. The van der Waals surface area contributed by atoms with Gasteiger partial charge in [-0.25, -0.2) is 12.8 Å². The van der Waals surface area contributed by atoms with Crippen molar-refractivity contribution in [2.75, 3.05) is 26.2 Å². The fourth-order valence-corrected chi connectivity index (χ4v) is 6.12. The van der Waals surface area contributed by atoms with Crippen molar-refractivity contribution in [1.29, 1.82) is 0 Å². The zero-order valence-corrected chi connectivity index (χ0v) is 15.8. The summed E-state index contributed by atoms with van der Waals surface area (Å²) in [5.74, 6) is -0.481. The van der Waals surface area contributed by atoms with Crippen LogP contribution in [-0.4, -0.2) is 49.7 Å². The molecule has 8 heteroatoms. The molecule has 0 spiro atoms. The SMILES string of the molecule is O=C(c1cc2c(s1)CCC2)N1CCN(S(=O)(=O)c2ccc(F)cc2)CC1. The van der Waals surface area contributed by atoms with Crippen LogP contribution in [0.5, 0.6) is 0 Å². The molecule has 0 N–H and O–H groups in total. The van der Waals surface area contributed by atoms with E-state index in [1.165, 1.54) is 26.9 Å². The topological polar surface area (TPSA) is 57.7 Å². The fraction of sp³-hybridized carbons (Fsp3) is 0.389. The number of aryl methyl sites for hydroxylation is 2. The lowest BCUT2D eigenvalue weighted by Crippen LogP contribution is -2.50. The number of amides is 1. The highest BCUT2D eigenvalue weighted by Gasteiger charge is 2.31. The first-order valence-electron chi connectivity index (χ1n) is 8.62.